The van der Waals surface area contributed by atoms with Gasteiger partial charge in [0.15, 0.2) is 17.1 Å². The molecule has 3 aromatic rings. The number of carbonyl (C=O) groups is 1. The molecule has 1 aromatic heterocycles. The maximum atomic E-state index is 12.4. The molecule has 0 aliphatic heterocycles. The second-order valence-corrected chi connectivity index (χ2v) is 9.63. The van der Waals surface area contributed by atoms with Gasteiger partial charge in [-0.15, -0.1) is 10.2 Å². The first-order valence-electron chi connectivity index (χ1n) is 11.0. The number of aromatic nitrogens is 3. The van der Waals surface area contributed by atoms with Crippen molar-refractivity contribution in [2.24, 2.45) is 0 Å². The van der Waals surface area contributed by atoms with Gasteiger partial charge in [-0.2, -0.15) is 0 Å². The molecule has 1 heterocycles. The van der Waals surface area contributed by atoms with Gasteiger partial charge in [-0.25, -0.2) is 0 Å². The number of benzene rings is 2. The van der Waals surface area contributed by atoms with Crippen molar-refractivity contribution < 1.29 is 14.3 Å². The quantitative estimate of drug-likeness (QED) is 0.419. The van der Waals surface area contributed by atoms with Crippen molar-refractivity contribution >= 4 is 23.4 Å². The van der Waals surface area contributed by atoms with Crippen molar-refractivity contribution in [1.29, 1.82) is 0 Å². The zero-order valence-corrected chi connectivity index (χ0v) is 20.9. The number of nitrogens with zero attached hydrogens (tertiary/aromatic N) is 3. The molecule has 33 heavy (non-hydrogen) atoms. The number of anilines is 1. The van der Waals surface area contributed by atoms with Crippen LogP contribution in [0.5, 0.6) is 11.5 Å². The van der Waals surface area contributed by atoms with E-state index < -0.39 is 0 Å². The molecule has 2 aromatic carbocycles. The van der Waals surface area contributed by atoms with Crippen molar-refractivity contribution in [3.8, 4) is 11.5 Å². The van der Waals surface area contributed by atoms with Crippen molar-refractivity contribution in [3.05, 3.63) is 59.9 Å². The molecule has 7 nitrogen and oxygen atoms in total. The molecule has 1 N–H and O–H groups in total. The van der Waals surface area contributed by atoms with Crippen LogP contribution in [0.1, 0.15) is 52.1 Å². The summed E-state index contributed by atoms with van der Waals surface area (Å²) in [4.78, 5) is 12.4. The molecular formula is C25H32N4O3S. The van der Waals surface area contributed by atoms with Crippen molar-refractivity contribution in [2.45, 2.75) is 57.8 Å². The lowest BCUT2D eigenvalue weighted by Crippen LogP contribution is -2.15. The van der Waals surface area contributed by atoms with Crippen LogP contribution >= 0.6 is 11.8 Å². The summed E-state index contributed by atoms with van der Waals surface area (Å²) < 4.78 is 13.2. The van der Waals surface area contributed by atoms with E-state index in [0.29, 0.717) is 11.7 Å². The Bertz CT molecular complexity index is 1060. The molecule has 1 amide bonds. The molecule has 1 atom stereocenters. The monoisotopic (exact) mass is 468 g/mol. The van der Waals surface area contributed by atoms with E-state index >= 15 is 0 Å². The fraction of sp³-hybridized carbons (Fsp3) is 0.400. The average Bonchev–Trinajstić information content (AvgIpc) is 3.21. The predicted octanol–water partition coefficient (Wildman–Crippen LogP) is 5.47. The SMILES string of the molecule is CCn1c(SCC(=O)Nc2ccc(OC)cc2)nnc1C(C)Oc1ccc(C(C)(C)C)cc1. The number of hydrogen-bond donors (Lipinski definition) is 1. The van der Waals surface area contributed by atoms with Gasteiger partial charge in [0.1, 0.15) is 11.5 Å². The molecule has 0 bridgehead atoms. The summed E-state index contributed by atoms with van der Waals surface area (Å²) in [6.07, 6.45) is -0.277. The number of ether oxygens (including phenoxy) is 2. The fourth-order valence-electron chi connectivity index (χ4n) is 3.30. The highest BCUT2D eigenvalue weighted by Gasteiger charge is 2.20. The van der Waals surface area contributed by atoms with Gasteiger partial charge >= 0.3 is 0 Å². The van der Waals surface area contributed by atoms with Crippen LogP contribution in [-0.2, 0) is 16.8 Å². The molecule has 0 saturated carbocycles. The van der Waals surface area contributed by atoms with Crippen LogP contribution < -0.4 is 14.8 Å². The van der Waals surface area contributed by atoms with Crippen molar-refractivity contribution in [2.75, 3.05) is 18.2 Å². The highest BCUT2D eigenvalue weighted by Crippen LogP contribution is 2.28. The molecular weight excluding hydrogens is 436 g/mol. The topological polar surface area (TPSA) is 78.3 Å². The Hall–Kier alpha value is -3.00. The average molecular weight is 469 g/mol. The van der Waals surface area contributed by atoms with Gasteiger partial charge in [0.05, 0.1) is 12.9 Å². The van der Waals surface area contributed by atoms with Crippen LogP contribution in [0.3, 0.4) is 0 Å². The van der Waals surface area contributed by atoms with E-state index in [1.54, 1.807) is 31.4 Å². The molecule has 0 aliphatic rings. The molecule has 0 saturated heterocycles. The maximum Gasteiger partial charge on any atom is 0.234 e. The summed E-state index contributed by atoms with van der Waals surface area (Å²) in [5.41, 5.74) is 2.07. The normalized spacial score (nSPS) is 12.3. The van der Waals surface area contributed by atoms with E-state index in [0.717, 1.165) is 23.0 Å². The van der Waals surface area contributed by atoms with E-state index in [2.05, 4.69) is 48.4 Å². The van der Waals surface area contributed by atoms with E-state index in [9.17, 15) is 4.79 Å². The molecule has 0 radical (unpaired) electrons. The van der Waals surface area contributed by atoms with Gasteiger partial charge in [-0.3, -0.25) is 4.79 Å². The number of amides is 1. The van der Waals surface area contributed by atoms with Gasteiger partial charge in [-0.05, 0) is 61.2 Å². The molecule has 0 spiro atoms. The van der Waals surface area contributed by atoms with E-state index in [1.807, 2.05) is 30.5 Å². The zero-order chi connectivity index (χ0) is 24.0. The Balaban J connectivity index is 1.60. The van der Waals surface area contributed by atoms with E-state index in [-0.39, 0.29) is 23.2 Å². The summed E-state index contributed by atoms with van der Waals surface area (Å²) in [6, 6.07) is 15.4. The Morgan fingerprint density at radius 3 is 2.27 bits per heavy atom. The van der Waals surface area contributed by atoms with Crippen LogP contribution in [0.25, 0.3) is 0 Å². The van der Waals surface area contributed by atoms with E-state index in [4.69, 9.17) is 9.47 Å². The molecule has 176 valence electrons. The summed E-state index contributed by atoms with van der Waals surface area (Å²) in [5.74, 6) is 2.38. The number of carbonyl (C=O) groups excluding carboxylic acids is 1. The standard InChI is InChI=1S/C25H32N4O3S/c1-7-29-23(17(2)32-21-12-8-18(9-13-21)25(3,4)5)27-28-24(29)33-16-22(30)26-19-10-14-20(31-6)15-11-19/h8-15,17H,7,16H2,1-6H3,(H,26,30). The van der Waals surface area contributed by atoms with Crippen LogP contribution in [0.15, 0.2) is 53.7 Å². The molecule has 1 unspecified atom stereocenters. The summed E-state index contributed by atoms with van der Waals surface area (Å²) in [7, 11) is 1.61. The van der Waals surface area contributed by atoms with Gasteiger partial charge in [0.2, 0.25) is 5.91 Å². The lowest BCUT2D eigenvalue weighted by molar-refractivity contribution is -0.113. The number of rotatable bonds is 9. The van der Waals surface area contributed by atoms with Gasteiger partial charge in [0, 0.05) is 12.2 Å². The third-order valence-electron chi connectivity index (χ3n) is 5.16. The first-order valence-corrected chi connectivity index (χ1v) is 12.0. The molecule has 8 heteroatoms. The fourth-order valence-corrected chi connectivity index (χ4v) is 4.11. The Kier molecular flexibility index (Phi) is 8.02. The summed E-state index contributed by atoms with van der Waals surface area (Å²) in [5, 5.41) is 12.2. The number of hydrogen-bond acceptors (Lipinski definition) is 6. The van der Waals surface area contributed by atoms with Gasteiger partial charge in [-0.1, -0.05) is 44.7 Å². The molecule has 0 fully saturated rings. The zero-order valence-electron chi connectivity index (χ0n) is 20.1. The lowest BCUT2D eigenvalue weighted by Gasteiger charge is -2.20. The predicted molar refractivity (Wildman–Crippen MR) is 132 cm³/mol. The highest BCUT2D eigenvalue weighted by molar-refractivity contribution is 7.99. The summed E-state index contributed by atoms with van der Waals surface area (Å²) >= 11 is 1.35. The van der Waals surface area contributed by atoms with Crippen molar-refractivity contribution in [3.63, 3.8) is 0 Å². The molecule has 0 aliphatic carbocycles. The van der Waals surface area contributed by atoms with Crippen LogP contribution in [0.4, 0.5) is 5.69 Å². The first-order chi connectivity index (χ1) is 15.7. The van der Waals surface area contributed by atoms with Crippen LogP contribution in [0.2, 0.25) is 0 Å². The Morgan fingerprint density at radius 1 is 1.06 bits per heavy atom. The Morgan fingerprint density at radius 2 is 1.70 bits per heavy atom. The first kappa shape index (κ1) is 24.6. The largest absolute Gasteiger partial charge is 0.497 e. The summed E-state index contributed by atoms with van der Waals surface area (Å²) in [6.45, 7) is 11.2. The third-order valence-corrected chi connectivity index (χ3v) is 6.13. The smallest absolute Gasteiger partial charge is 0.234 e. The van der Waals surface area contributed by atoms with Crippen molar-refractivity contribution in [1.82, 2.24) is 14.8 Å². The van der Waals surface area contributed by atoms with Crippen LogP contribution in [-0.4, -0.2) is 33.5 Å². The van der Waals surface area contributed by atoms with Gasteiger partial charge in [0.25, 0.3) is 0 Å². The third kappa shape index (κ3) is 6.51. The minimum absolute atomic E-state index is 0.0956. The second kappa shape index (κ2) is 10.7. The van der Waals surface area contributed by atoms with Gasteiger partial charge < -0.3 is 19.4 Å². The minimum Gasteiger partial charge on any atom is -0.497 e. The number of methoxy groups -OCH3 is 1. The minimum atomic E-state index is -0.277. The maximum absolute atomic E-state index is 12.4. The number of nitrogens with one attached hydrogen (secondary N) is 1. The number of thioether (sulfide) groups is 1. The van der Waals surface area contributed by atoms with E-state index in [1.165, 1.54) is 17.3 Å². The van der Waals surface area contributed by atoms with Crippen LogP contribution in [0, 0.1) is 0 Å². The lowest BCUT2D eigenvalue weighted by atomic mass is 9.87. The molecule has 3 rings (SSSR count). The second-order valence-electron chi connectivity index (χ2n) is 8.68. The Labute approximate surface area is 199 Å². The highest BCUT2D eigenvalue weighted by atomic mass is 32.2.